The molecule has 1 saturated carbocycles. The van der Waals surface area contributed by atoms with E-state index in [1.54, 1.807) is 6.92 Å². The number of hydrogen-bond acceptors (Lipinski definition) is 3. The van der Waals surface area contributed by atoms with Gasteiger partial charge in [0.15, 0.2) is 0 Å². The summed E-state index contributed by atoms with van der Waals surface area (Å²) in [6, 6.07) is 3.16. The van der Waals surface area contributed by atoms with E-state index in [1.165, 1.54) is 6.07 Å². The SMILES string of the molecule is CCOC(=O)C(=O)NC1(c2ccc(F)cc2F)CC1. The molecule has 1 N–H and O–H groups in total. The minimum Gasteiger partial charge on any atom is -0.459 e. The summed E-state index contributed by atoms with van der Waals surface area (Å²) in [5.74, 6) is -3.34. The number of carbonyl (C=O) groups is 2. The number of ether oxygens (including phenoxy) is 1. The molecule has 0 aliphatic heterocycles. The van der Waals surface area contributed by atoms with Gasteiger partial charge in [-0.05, 0) is 25.8 Å². The zero-order chi connectivity index (χ0) is 14.0. The van der Waals surface area contributed by atoms with Gasteiger partial charge in [0.1, 0.15) is 11.6 Å². The van der Waals surface area contributed by atoms with E-state index < -0.39 is 29.0 Å². The first kappa shape index (κ1) is 13.5. The van der Waals surface area contributed by atoms with Crippen molar-refractivity contribution in [3.63, 3.8) is 0 Å². The van der Waals surface area contributed by atoms with Crippen LogP contribution in [-0.2, 0) is 19.9 Å². The molecule has 0 aromatic heterocycles. The van der Waals surface area contributed by atoms with Gasteiger partial charge < -0.3 is 10.1 Å². The standard InChI is InChI=1S/C13H13F2NO3/c1-2-19-12(18)11(17)16-13(5-6-13)9-4-3-8(14)7-10(9)15/h3-4,7H,2,5-6H2,1H3,(H,16,17). The summed E-state index contributed by atoms with van der Waals surface area (Å²) < 4.78 is 31.1. The molecular weight excluding hydrogens is 256 g/mol. The minimum atomic E-state index is -1.00. The lowest BCUT2D eigenvalue weighted by Crippen LogP contribution is -2.40. The van der Waals surface area contributed by atoms with Crippen LogP contribution in [0.3, 0.4) is 0 Å². The lowest BCUT2D eigenvalue weighted by Gasteiger charge is -2.17. The summed E-state index contributed by atoms with van der Waals surface area (Å²) in [6.45, 7) is 1.67. The van der Waals surface area contributed by atoms with Crippen LogP contribution in [0.15, 0.2) is 18.2 Å². The van der Waals surface area contributed by atoms with Crippen LogP contribution in [0.4, 0.5) is 8.78 Å². The maximum atomic E-state index is 13.7. The molecule has 0 unspecified atom stereocenters. The molecule has 1 fully saturated rings. The second kappa shape index (κ2) is 4.95. The quantitative estimate of drug-likeness (QED) is 0.670. The van der Waals surface area contributed by atoms with Gasteiger partial charge in [0.25, 0.3) is 0 Å². The van der Waals surface area contributed by atoms with E-state index in [2.05, 4.69) is 10.1 Å². The second-order valence-corrected chi connectivity index (χ2v) is 4.38. The Morgan fingerprint density at radius 2 is 2.05 bits per heavy atom. The fourth-order valence-corrected chi connectivity index (χ4v) is 1.93. The van der Waals surface area contributed by atoms with Crippen LogP contribution in [0.25, 0.3) is 0 Å². The average molecular weight is 269 g/mol. The fourth-order valence-electron chi connectivity index (χ4n) is 1.93. The Labute approximate surface area is 108 Å². The molecule has 1 amide bonds. The van der Waals surface area contributed by atoms with Crippen molar-refractivity contribution < 1.29 is 23.1 Å². The Bertz CT molecular complexity index is 527. The van der Waals surface area contributed by atoms with Gasteiger partial charge in [-0.1, -0.05) is 6.07 Å². The molecule has 0 heterocycles. The van der Waals surface area contributed by atoms with Crippen LogP contribution in [0.1, 0.15) is 25.3 Å². The molecule has 0 radical (unpaired) electrons. The summed E-state index contributed by atoms with van der Waals surface area (Å²) in [5, 5.41) is 2.45. The Kier molecular flexibility index (Phi) is 3.50. The van der Waals surface area contributed by atoms with Crippen LogP contribution in [0.5, 0.6) is 0 Å². The van der Waals surface area contributed by atoms with Crippen molar-refractivity contribution >= 4 is 11.9 Å². The molecule has 0 saturated heterocycles. The second-order valence-electron chi connectivity index (χ2n) is 4.38. The van der Waals surface area contributed by atoms with Crippen molar-refractivity contribution in [1.82, 2.24) is 5.32 Å². The van der Waals surface area contributed by atoms with E-state index in [9.17, 15) is 18.4 Å². The van der Waals surface area contributed by atoms with E-state index in [1.807, 2.05) is 0 Å². The van der Waals surface area contributed by atoms with Gasteiger partial charge in [-0.15, -0.1) is 0 Å². The normalized spacial score (nSPS) is 15.7. The zero-order valence-electron chi connectivity index (χ0n) is 10.3. The molecule has 1 aliphatic carbocycles. The van der Waals surface area contributed by atoms with E-state index in [0.29, 0.717) is 12.8 Å². The summed E-state index contributed by atoms with van der Waals surface area (Å²) in [4.78, 5) is 22.8. The summed E-state index contributed by atoms with van der Waals surface area (Å²) in [7, 11) is 0. The van der Waals surface area contributed by atoms with Gasteiger partial charge in [-0.25, -0.2) is 13.6 Å². The van der Waals surface area contributed by atoms with Crippen molar-refractivity contribution in [2.75, 3.05) is 6.61 Å². The lowest BCUT2D eigenvalue weighted by atomic mass is 10.0. The number of amides is 1. The Morgan fingerprint density at radius 3 is 2.58 bits per heavy atom. The molecule has 0 spiro atoms. The number of hydrogen-bond donors (Lipinski definition) is 1. The topological polar surface area (TPSA) is 55.4 Å². The zero-order valence-corrected chi connectivity index (χ0v) is 10.3. The predicted octanol–water partition coefficient (Wildman–Crippen LogP) is 1.63. The number of carbonyl (C=O) groups excluding carboxylic acids is 2. The first-order valence-electron chi connectivity index (χ1n) is 5.93. The summed E-state index contributed by atoms with van der Waals surface area (Å²) in [5.41, 5.74) is -0.728. The molecule has 1 aromatic carbocycles. The molecule has 0 atom stereocenters. The van der Waals surface area contributed by atoms with Crippen molar-refractivity contribution in [2.45, 2.75) is 25.3 Å². The van der Waals surface area contributed by atoms with E-state index in [4.69, 9.17) is 0 Å². The molecular formula is C13H13F2NO3. The van der Waals surface area contributed by atoms with Crippen molar-refractivity contribution in [1.29, 1.82) is 0 Å². The third-order valence-corrected chi connectivity index (χ3v) is 3.01. The van der Waals surface area contributed by atoms with E-state index in [0.717, 1.165) is 12.1 Å². The third-order valence-electron chi connectivity index (χ3n) is 3.01. The Balaban J connectivity index is 2.15. The van der Waals surface area contributed by atoms with Crippen LogP contribution in [0.2, 0.25) is 0 Å². The highest BCUT2D eigenvalue weighted by molar-refractivity contribution is 6.32. The van der Waals surface area contributed by atoms with Gasteiger partial charge in [-0.2, -0.15) is 0 Å². The number of halogens is 2. The number of esters is 1. The number of benzene rings is 1. The first-order chi connectivity index (χ1) is 8.98. The molecule has 0 bridgehead atoms. The number of rotatable bonds is 3. The Hall–Kier alpha value is -1.98. The van der Waals surface area contributed by atoms with Gasteiger partial charge in [-0.3, -0.25) is 4.79 Å². The highest BCUT2D eigenvalue weighted by Crippen LogP contribution is 2.46. The Morgan fingerprint density at radius 1 is 1.37 bits per heavy atom. The molecule has 2 rings (SSSR count). The monoisotopic (exact) mass is 269 g/mol. The number of nitrogens with one attached hydrogen (secondary N) is 1. The van der Waals surface area contributed by atoms with E-state index >= 15 is 0 Å². The largest absolute Gasteiger partial charge is 0.459 e. The highest BCUT2D eigenvalue weighted by atomic mass is 19.1. The first-order valence-corrected chi connectivity index (χ1v) is 5.93. The lowest BCUT2D eigenvalue weighted by molar-refractivity contribution is -0.155. The average Bonchev–Trinajstić information content (AvgIpc) is 3.09. The smallest absolute Gasteiger partial charge is 0.396 e. The van der Waals surface area contributed by atoms with Crippen LogP contribution in [0, 0.1) is 11.6 Å². The third kappa shape index (κ3) is 2.72. The van der Waals surface area contributed by atoms with Gasteiger partial charge in [0.2, 0.25) is 0 Å². The summed E-state index contributed by atoms with van der Waals surface area (Å²) >= 11 is 0. The van der Waals surface area contributed by atoms with Crippen LogP contribution in [-0.4, -0.2) is 18.5 Å². The van der Waals surface area contributed by atoms with Gasteiger partial charge in [0, 0.05) is 11.6 Å². The van der Waals surface area contributed by atoms with Gasteiger partial charge >= 0.3 is 11.9 Å². The van der Waals surface area contributed by atoms with E-state index in [-0.39, 0.29) is 12.2 Å². The van der Waals surface area contributed by atoms with Crippen molar-refractivity contribution in [3.05, 3.63) is 35.4 Å². The molecule has 1 aliphatic rings. The molecule has 102 valence electrons. The molecule has 19 heavy (non-hydrogen) atoms. The molecule has 4 nitrogen and oxygen atoms in total. The maximum Gasteiger partial charge on any atom is 0.396 e. The molecule has 6 heteroatoms. The van der Waals surface area contributed by atoms with Gasteiger partial charge in [0.05, 0.1) is 12.1 Å². The van der Waals surface area contributed by atoms with Crippen LogP contribution >= 0.6 is 0 Å². The van der Waals surface area contributed by atoms with Crippen LogP contribution < -0.4 is 5.32 Å². The fraction of sp³-hybridized carbons (Fsp3) is 0.385. The van der Waals surface area contributed by atoms with Crippen molar-refractivity contribution in [3.8, 4) is 0 Å². The minimum absolute atomic E-state index is 0.0875. The maximum absolute atomic E-state index is 13.7. The predicted molar refractivity (Wildman–Crippen MR) is 62.0 cm³/mol. The molecule has 1 aromatic rings. The van der Waals surface area contributed by atoms with Crippen molar-refractivity contribution in [2.24, 2.45) is 0 Å². The highest BCUT2D eigenvalue weighted by Gasteiger charge is 2.48. The summed E-state index contributed by atoms with van der Waals surface area (Å²) in [6.07, 6.45) is 1.00.